The molecular weight excluding hydrogens is 418 g/mol. The molecule has 3 atom stereocenters. The third-order valence-electron chi connectivity index (χ3n) is 7.86. The average molecular weight is 480 g/mol. The van der Waals surface area contributed by atoms with Crippen LogP contribution < -0.4 is 0 Å². The lowest BCUT2D eigenvalue weighted by atomic mass is 9.94. The topological polar surface area (TPSA) is 29.5 Å². The number of carbonyl (C=O) groups is 1. The number of nitrogens with zero attached hydrogens (tertiary/aromatic N) is 1. The normalized spacial score (nSPS) is 18.4. The minimum absolute atomic E-state index is 0.0230. The summed E-state index contributed by atoms with van der Waals surface area (Å²) in [5, 5.41) is 0. The van der Waals surface area contributed by atoms with Crippen LogP contribution in [0.4, 0.5) is 0 Å². The van der Waals surface area contributed by atoms with Crippen molar-refractivity contribution in [3.63, 3.8) is 0 Å². The van der Waals surface area contributed by atoms with Gasteiger partial charge in [-0.05, 0) is 64.5 Å². The van der Waals surface area contributed by atoms with Crippen molar-refractivity contribution in [2.45, 2.75) is 149 Å². The predicted molar refractivity (Wildman–Crippen MR) is 148 cm³/mol. The minimum Gasteiger partial charge on any atom is -0.466 e. The molecule has 0 bridgehead atoms. The lowest BCUT2D eigenvalue weighted by Crippen LogP contribution is -2.21. The summed E-state index contributed by atoms with van der Waals surface area (Å²) >= 11 is 0. The predicted octanol–water partition coefficient (Wildman–Crippen LogP) is 9.19. The maximum Gasteiger partial charge on any atom is 0.305 e. The van der Waals surface area contributed by atoms with Crippen molar-refractivity contribution in [2.24, 2.45) is 17.8 Å². The smallest absolute Gasteiger partial charge is 0.305 e. The van der Waals surface area contributed by atoms with Crippen LogP contribution >= 0.6 is 0 Å². The summed E-state index contributed by atoms with van der Waals surface area (Å²) < 4.78 is 4.98. The van der Waals surface area contributed by atoms with Crippen LogP contribution in [0.15, 0.2) is 0 Å². The van der Waals surface area contributed by atoms with Crippen LogP contribution in [0.1, 0.15) is 149 Å². The largest absolute Gasteiger partial charge is 0.466 e. The molecule has 34 heavy (non-hydrogen) atoms. The molecular formula is C31H61NO2. The quantitative estimate of drug-likeness (QED) is 0.0965. The molecule has 3 unspecified atom stereocenters. The number of hydrogen-bond donors (Lipinski definition) is 0. The van der Waals surface area contributed by atoms with E-state index in [-0.39, 0.29) is 5.97 Å². The molecule has 1 aliphatic rings. The van der Waals surface area contributed by atoms with Gasteiger partial charge in [-0.2, -0.15) is 0 Å². The van der Waals surface area contributed by atoms with Crippen molar-refractivity contribution in [3.05, 3.63) is 0 Å². The van der Waals surface area contributed by atoms with Crippen molar-refractivity contribution in [2.75, 3.05) is 27.2 Å². The van der Waals surface area contributed by atoms with Crippen molar-refractivity contribution in [1.29, 1.82) is 0 Å². The molecule has 1 saturated carbocycles. The Kier molecular flexibility index (Phi) is 20.1. The van der Waals surface area contributed by atoms with E-state index in [0.29, 0.717) is 13.0 Å². The first-order chi connectivity index (χ1) is 16.6. The second kappa shape index (κ2) is 21.7. The molecule has 0 amide bonds. The summed E-state index contributed by atoms with van der Waals surface area (Å²) in [5.74, 6) is 3.00. The van der Waals surface area contributed by atoms with E-state index in [9.17, 15) is 4.79 Å². The minimum atomic E-state index is -0.0230. The highest BCUT2D eigenvalue weighted by molar-refractivity contribution is 5.69. The van der Waals surface area contributed by atoms with E-state index < -0.39 is 0 Å². The third-order valence-corrected chi connectivity index (χ3v) is 7.86. The SMILES string of the molecule is CCCCCCC(CCCCCCCCC1CC1CCCCCCCC(=O)OCC)CN(C)C. The van der Waals surface area contributed by atoms with Gasteiger partial charge >= 0.3 is 5.97 Å². The van der Waals surface area contributed by atoms with E-state index in [2.05, 4.69) is 25.9 Å². The van der Waals surface area contributed by atoms with Crippen LogP contribution in [-0.2, 0) is 9.53 Å². The van der Waals surface area contributed by atoms with E-state index in [4.69, 9.17) is 4.74 Å². The molecule has 0 radical (unpaired) electrons. The zero-order chi connectivity index (χ0) is 24.9. The molecule has 3 heteroatoms. The van der Waals surface area contributed by atoms with Gasteiger partial charge in [0.1, 0.15) is 0 Å². The zero-order valence-corrected chi connectivity index (χ0v) is 23.8. The summed E-state index contributed by atoms with van der Waals surface area (Å²) in [6.45, 7) is 5.98. The van der Waals surface area contributed by atoms with E-state index >= 15 is 0 Å². The molecule has 0 heterocycles. The molecule has 3 nitrogen and oxygen atoms in total. The van der Waals surface area contributed by atoms with Crippen molar-refractivity contribution < 1.29 is 9.53 Å². The summed E-state index contributed by atoms with van der Waals surface area (Å²) in [7, 11) is 4.47. The second-order valence-corrected chi connectivity index (χ2v) is 11.5. The maximum absolute atomic E-state index is 11.3. The van der Waals surface area contributed by atoms with Gasteiger partial charge in [0.05, 0.1) is 6.61 Å². The Morgan fingerprint density at radius 1 is 0.735 bits per heavy atom. The summed E-state index contributed by atoms with van der Waals surface area (Å²) in [6.07, 6.45) is 28.5. The Balaban J connectivity index is 1.87. The van der Waals surface area contributed by atoms with Crippen LogP contribution in [0.3, 0.4) is 0 Å². The second-order valence-electron chi connectivity index (χ2n) is 11.5. The number of carbonyl (C=O) groups excluding carboxylic acids is 1. The molecule has 202 valence electrons. The van der Waals surface area contributed by atoms with Gasteiger partial charge in [0, 0.05) is 13.0 Å². The number of ether oxygens (including phenoxy) is 1. The number of esters is 1. The van der Waals surface area contributed by atoms with E-state index in [1.54, 1.807) is 0 Å². The molecule has 0 saturated heterocycles. The first-order valence-electron chi connectivity index (χ1n) is 15.4. The molecule has 1 aliphatic carbocycles. The summed E-state index contributed by atoms with van der Waals surface area (Å²) in [6, 6.07) is 0. The van der Waals surface area contributed by atoms with Crippen LogP contribution in [0.25, 0.3) is 0 Å². The Morgan fingerprint density at radius 3 is 1.76 bits per heavy atom. The fourth-order valence-electron chi connectivity index (χ4n) is 5.71. The van der Waals surface area contributed by atoms with Crippen LogP contribution in [-0.4, -0.2) is 38.1 Å². The monoisotopic (exact) mass is 479 g/mol. The highest BCUT2D eigenvalue weighted by Gasteiger charge is 2.34. The van der Waals surface area contributed by atoms with Gasteiger partial charge in [-0.3, -0.25) is 4.79 Å². The van der Waals surface area contributed by atoms with Crippen molar-refractivity contribution >= 4 is 5.97 Å². The molecule has 0 N–H and O–H groups in total. The molecule has 1 fully saturated rings. The molecule has 0 aromatic rings. The van der Waals surface area contributed by atoms with Gasteiger partial charge in [0.15, 0.2) is 0 Å². The Hall–Kier alpha value is -0.570. The zero-order valence-electron chi connectivity index (χ0n) is 23.8. The number of rotatable bonds is 25. The van der Waals surface area contributed by atoms with Gasteiger partial charge in [-0.15, -0.1) is 0 Å². The van der Waals surface area contributed by atoms with Gasteiger partial charge < -0.3 is 9.64 Å². The fraction of sp³-hybridized carbons (Fsp3) is 0.968. The third kappa shape index (κ3) is 18.7. The summed E-state index contributed by atoms with van der Waals surface area (Å²) in [4.78, 5) is 13.7. The van der Waals surface area contributed by atoms with Crippen LogP contribution in [0.5, 0.6) is 0 Å². The molecule has 0 spiro atoms. The van der Waals surface area contributed by atoms with Crippen LogP contribution in [0.2, 0.25) is 0 Å². The van der Waals surface area contributed by atoms with E-state index in [0.717, 1.165) is 24.2 Å². The number of hydrogen-bond acceptors (Lipinski definition) is 3. The first kappa shape index (κ1) is 31.5. The van der Waals surface area contributed by atoms with Crippen molar-refractivity contribution in [1.82, 2.24) is 4.90 Å². The Bertz CT molecular complexity index is 464. The highest BCUT2D eigenvalue weighted by Crippen LogP contribution is 2.45. The van der Waals surface area contributed by atoms with Crippen molar-refractivity contribution in [3.8, 4) is 0 Å². The highest BCUT2D eigenvalue weighted by atomic mass is 16.5. The molecule has 0 aromatic carbocycles. The lowest BCUT2D eigenvalue weighted by molar-refractivity contribution is -0.143. The van der Waals surface area contributed by atoms with Gasteiger partial charge in [-0.25, -0.2) is 0 Å². The van der Waals surface area contributed by atoms with Gasteiger partial charge in [0.25, 0.3) is 0 Å². The fourth-order valence-corrected chi connectivity index (χ4v) is 5.71. The van der Waals surface area contributed by atoms with Gasteiger partial charge in [0.2, 0.25) is 0 Å². The van der Waals surface area contributed by atoms with Crippen LogP contribution in [0, 0.1) is 17.8 Å². The molecule has 0 aliphatic heterocycles. The molecule has 0 aromatic heterocycles. The number of unbranched alkanes of at least 4 members (excludes halogenated alkanes) is 12. The maximum atomic E-state index is 11.3. The standard InChI is InChI=1S/C31H61NO2/c1-5-7-8-16-21-28(27-32(3)4)22-17-12-9-10-13-18-23-29-26-30(29)24-19-14-11-15-20-25-31(33)34-6-2/h28-30H,5-27H2,1-4H3. The van der Waals surface area contributed by atoms with E-state index in [1.807, 2.05) is 6.92 Å². The molecule has 1 rings (SSSR count). The van der Waals surface area contributed by atoms with Gasteiger partial charge in [-0.1, -0.05) is 110 Å². The lowest BCUT2D eigenvalue weighted by Gasteiger charge is -2.21. The Labute approximate surface area is 214 Å². The first-order valence-corrected chi connectivity index (χ1v) is 15.4. The Morgan fingerprint density at radius 2 is 1.24 bits per heavy atom. The van der Waals surface area contributed by atoms with E-state index in [1.165, 1.54) is 129 Å². The summed E-state index contributed by atoms with van der Waals surface area (Å²) in [5.41, 5.74) is 0. The average Bonchev–Trinajstić information content (AvgIpc) is 3.55.